The van der Waals surface area contributed by atoms with Gasteiger partial charge in [-0.15, -0.1) is 0 Å². The number of aryl methyl sites for hydroxylation is 1. The van der Waals surface area contributed by atoms with Crippen LogP contribution in [0.5, 0.6) is 0 Å². The van der Waals surface area contributed by atoms with Crippen LogP contribution in [0, 0.1) is 6.92 Å². The second-order valence-corrected chi connectivity index (χ2v) is 6.67. The molecule has 26 heavy (non-hydrogen) atoms. The van der Waals surface area contributed by atoms with E-state index in [1.54, 1.807) is 24.0 Å². The number of hydrogen-bond donors (Lipinski definition) is 1. The molecular formula is C21H20N2O3. The molecule has 1 aliphatic rings. The molecule has 1 amide bonds. The Morgan fingerprint density at radius 1 is 1.12 bits per heavy atom. The number of ether oxygens (including phenoxy) is 1. The quantitative estimate of drug-likeness (QED) is 0.789. The van der Waals surface area contributed by atoms with Gasteiger partial charge >= 0.3 is 0 Å². The first-order chi connectivity index (χ1) is 12.6. The maximum absolute atomic E-state index is 12.4. The molecule has 0 radical (unpaired) electrons. The van der Waals surface area contributed by atoms with E-state index in [4.69, 9.17) is 4.74 Å². The summed E-state index contributed by atoms with van der Waals surface area (Å²) in [4.78, 5) is 28.6. The van der Waals surface area contributed by atoms with Crippen LogP contribution in [-0.2, 0) is 11.3 Å². The summed E-state index contributed by atoms with van der Waals surface area (Å²) in [6, 6.07) is 17.7. The number of carbonyl (C=O) groups is 1. The Kier molecular flexibility index (Phi) is 4.31. The number of aromatic amines is 1. The van der Waals surface area contributed by atoms with Crippen molar-refractivity contribution in [1.82, 2.24) is 9.88 Å². The number of rotatable bonds is 4. The maximum Gasteiger partial charge on any atom is 0.260 e. The molecule has 1 aromatic heterocycles. The summed E-state index contributed by atoms with van der Waals surface area (Å²) in [6.45, 7) is 3.32. The Hall–Kier alpha value is -2.92. The Balaban J connectivity index is 1.36. The molecule has 0 saturated carbocycles. The van der Waals surface area contributed by atoms with Gasteiger partial charge < -0.3 is 14.6 Å². The number of fused-ring (bicyclic) bond motifs is 1. The van der Waals surface area contributed by atoms with E-state index in [0.717, 1.165) is 11.3 Å². The Bertz CT molecular complexity index is 1010. The summed E-state index contributed by atoms with van der Waals surface area (Å²) in [5.74, 6) is -0.240. The van der Waals surface area contributed by atoms with Gasteiger partial charge in [-0.2, -0.15) is 0 Å². The second-order valence-electron chi connectivity index (χ2n) is 6.67. The lowest BCUT2D eigenvalue weighted by atomic mass is 10.0. The standard InChI is InChI=1S/C21H20N2O3/c1-14-9-10-19(20(24)22-14)21(25)23-11-17(12-23)26-13-16-7-4-6-15-5-2-3-8-18(15)16/h2-10,17H,11-13H2,1H3,(H,22,24). The van der Waals surface area contributed by atoms with Gasteiger partial charge in [-0.1, -0.05) is 42.5 Å². The fourth-order valence-electron chi connectivity index (χ4n) is 3.25. The van der Waals surface area contributed by atoms with Crippen LogP contribution in [0.2, 0.25) is 0 Å². The van der Waals surface area contributed by atoms with Gasteiger partial charge in [0.05, 0.1) is 12.7 Å². The fourth-order valence-corrected chi connectivity index (χ4v) is 3.25. The van der Waals surface area contributed by atoms with Crippen LogP contribution >= 0.6 is 0 Å². The first-order valence-electron chi connectivity index (χ1n) is 8.69. The number of H-pyrrole nitrogens is 1. The van der Waals surface area contributed by atoms with Gasteiger partial charge in [-0.3, -0.25) is 9.59 Å². The number of hydrogen-bond acceptors (Lipinski definition) is 3. The van der Waals surface area contributed by atoms with Gasteiger partial charge in [0, 0.05) is 18.8 Å². The number of nitrogens with one attached hydrogen (secondary N) is 1. The van der Waals surface area contributed by atoms with Crippen LogP contribution in [0.1, 0.15) is 21.6 Å². The molecule has 0 atom stereocenters. The Morgan fingerprint density at radius 2 is 1.88 bits per heavy atom. The molecule has 3 aromatic rings. The average molecular weight is 348 g/mol. The van der Waals surface area contributed by atoms with Crippen molar-refractivity contribution in [2.45, 2.75) is 19.6 Å². The Labute approximate surface area is 151 Å². The minimum Gasteiger partial charge on any atom is -0.370 e. The predicted octanol–water partition coefficient (Wildman–Crippen LogP) is 2.88. The minimum absolute atomic E-state index is 0.00227. The van der Waals surface area contributed by atoms with E-state index in [1.165, 1.54) is 10.8 Å². The minimum atomic E-state index is -0.338. The third kappa shape index (κ3) is 3.13. The zero-order chi connectivity index (χ0) is 18.1. The number of carbonyl (C=O) groups excluding carboxylic acids is 1. The van der Waals surface area contributed by atoms with E-state index < -0.39 is 0 Å². The molecule has 2 heterocycles. The van der Waals surface area contributed by atoms with E-state index in [-0.39, 0.29) is 23.1 Å². The third-order valence-corrected chi connectivity index (χ3v) is 4.78. The molecular weight excluding hydrogens is 328 g/mol. The topological polar surface area (TPSA) is 62.4 Å². The van der Waals surface area contributed by atoms with E-state index in [9.17, 15) is 9.59 Å². The lowest BCUT2D eigenvalue weighted by Crippen LogP contribution is -2.55. The second kappa shape index (κ2) is 6.77. The van der Waals surface area contributed by atoms with Crippen LogP contribution in [0.4, 0.5) is 0 Å². The lowest BCUT2D eigenvalue weighted by Gasteiger charge is -2.38. The van der Waals surface area contributed by atoms with Crippen molar-refractivity contribution in [3.63, 3.8) is 0 Å². The highest BCUT2D eigenvalue weighted by molar-refractivity contribution is 5.94. The van der Waals surface area contributed by atoms with Crippen molar-refractivity contribution in [1.29, 1.82) is 0 Å². The van der Waals surface area contributed by atoms with E-state index in [0.29, 0.717) is 19.7 Å². The number of nitrogens with zero attached hydrogens (tertiary/aromatic N) is 1. The molecule has 2 aromatic carbocycles. The molecule has 1 fully saturated rings. The zero-order valence-electron chi connectivity index (χ0n) is 14.6. The molecule has 0 aliphatic carbocycles. The smallest absolute Gasteiger partial charge is 0.260 e. The van der Waals surface area contributed by atoms with Crippen LogP contribution in [0.25, 0.3) is 10.8 Å². The molecule has 132 valence electrons. The number of pyridine rings is 1. The van der Waals surface area contributed by atoms with Crippen molar-refractivity contribution < 1.29 is 9.53 Å². The summed E-state index contributed by atoms with van der Waals surface area (Å²) in [7, 11) is 0. The number of aromatic nitrogens is 1. The normalized spacial score (nSPS) is 14.4. The number of benzene rings is 2. The summed E-state index contributed by atoms with van der Waals surface area (Å²) in [5.41, 5.74) is 1.73. The first kappa shape index (κ1) is 16.5. The monoisotopic (exact) mass is 348 g/mol. The molecule has 0 bridgehead atoms. The van der Waals surface area contributed by atoms with Gasteiger partial charge in [0.15, 0.2) is 0 Å². The van der Waals surface area contributed by atoms with Crippen molar-refractivity contribution in [3.8, 4) is 0 Å². The van der Waals surface area contributed by atoms with Crippen LogP contribution in [0.15, 0.2) is 59.4 Å². The van der Waals surface area contributed by atoms with Crippen molar-refractivity contribution in [2.24, 2.45) is 0 Å². The molecule has 1 N–H and O–H groups in total. The molecule has 4 rings (SSSR count). The summed E-state index contributed by atoms with van der Waals surface area (Å²) >= 11 is 0. The molecule has 1 saturated heterocycles. The van der Waals surface area contributed by atoms with Gasteiger partial charge in [0.25, 0.3) is 11.5 Å². The van der Waals surface area contributed by atoms with Gasteiger partial charge in [0.1, 0.15) is 5.56 Å². The van der Waals surface area contributed by atoms with E-state index in [1.807, 2.05) is 18.2 Å². The van der Waals surface area contributed by atoms with Gasteiger partial charge in [-0.05, 0) is 35.4 Å². The molecule has 5 nitrogen and oxygen atoms in total. The lowest BCUT2D eigenvalue weighted by molar-refractivity contribution is -0.0500. The van der Waals surface area contributed by atoms with Crippen LogP contribution in [0.3, 0.4) is 0 Å². The predicted molar refractivity (Wildman–Crippen MR) is 100 cm³/mol. The highest BCUT2D eigenvalue weighted by Crippen LogP contribution is 2.21. The molecule has 5 heteroatoms. The summed E-state index contributed by atoms with van der Waals surface area (Å²) < 4.78 is 5.96. The highest BCUT2D eigenvalue weighted by Gasteiger charge is 2.33. The van der Waals surface area contributed by atoms with Crippen LogP contribution in [-0.4, -0.2) is 35.0 Å². The number of likely N-dealkylation sites (tertiary alicyclic amines) is 1. The summed E-state index contributed by atoms with van der Waals surface area (Å²) in [5, 5.41) is 2.38. The van der Waals surface area contributed by atoms with Crippen molar-refractivity contribution in [3.05, 3.63) is 81.8 Å². The summed E-state index contributed by atoms with van der Waals surface area (Å²) in [6.07, 6.45) is 0.00227. The van der Waals surface area contributed by atoms with Gasteiger partial charge in [-0.25, -0.2) is 0 Å². The van der Waals surface area contributed by atoms with Crippen LogP contribution < -0.4 is 5.56 Å². The first-order valence-corrected chi connectivity index (χ1v) is 8.69. The molecule has 1 aliphatic heterocycles. The zero-order valence-corrected chi connectivity index (χ0v) is 14.6. The van der Waals surface area contributed by atoms with Crippen molar-refractivity contribution >= 4 is 16.7 Å². The highest BCUT2D eigenvalue weighted by atomic mass is 16.5. The largest absolute Gasteiger partial charge is 0.370 e. The number of amides is 1. The maximum atomic E-state index is 12.4. The Morgan fingerprint density at radius 3 is 2.69 bits per heavy atom. The SMILES string of the molecule is Cc1ccc(C(=O)N2CC(OCc3cccc4ccccc34)C2)c(=O)[nH]1. The van der Waals surface area contributed by atoms with E-state index in [2.05, 4.69) is 29.2 Å². The fraction of sp³-hybridized carbons (Fsp3) is 0.238. The molecule has 0 unspecified atom stereocenters. The molecule has 0 spiro atoms. The third-order valence-electron chi connectivity index (χ3n) is 4.78. The average Bonchev–Trinajstić information content (AvgIpc) is 2.60. The van der Waals surface area contributed by atoms with Crippen molar-refractivity contribution in [2.75, 3.05) is 13.1 Å². The van der Waals surface area contributed by atoms with E-state index >= 15 is 0 Å². The van der Waals surface area contributed by atoms with Gasteiger partial charge in [0.2, 0.25) is 0 Å².